The molecule has 0 saturated carbocycles. The highest BCUT2D eigenvalue weighted by Crippen LogP contribution is 2.22. The summed E-state index contributed by atoms with van der Waals surface area (Å²) in [7, 11) is 1.30. The zero-order valence-electron chi connectivity index (χ0n) is 12.5. The first-order valence-electron chi connectivity index (χ1n) is 7.38. The fraction of sp³-hybridized carbons (Fsp3) is 0.412. The lowest BCUT2D eigenvalue weighted by Crippen LogP contribution is -2.35. The van der Waals surface area contributed by atoms with Gasteiger partial charge in [-0.15, -0.1) is 0 Å². The van der Waals surface area contributed by atoms with E-state index in [0.717, 1.165) is 12.8 Å². The zero-order valence-corrected chi connectivity index (χ0v) is 12.5. The topological polar surface area (TPSA) is 55.4 Å². The third-order valence-corrected chi connectivity index (χ3v) is 3.83. The molecule has 0 saturated heterocycles. The number of esters is 1. The molecule has 1 aliphatic carbocycles. The molecule has 2 rings (SSSR count). The number of benzene rings is 1. The van der Waals surface area contributed by atoms with Crippen LogP contribution < -0.4 is 5.32 Å². The summed E-state index contributed by atoms with van der Waals surface area (Å²) in [6.45, 7) is 0. The van der Waals surface area contributed by atoms with Gasteiger partial charge in [-0.1, -0.05) is 24.3 Å². The second-order valence-electron chi connectivity index (χ2n) is 5.37. The predicted octanol–water partition coefficient (Wildman–Crippen LogP) is 2.90. The van der Waals surface area contributed by atoms with Gasteiger partial charge in [0.2, 0.25) is 5.91 Å². The second kappa shape index (κ2) is 7.73. The number of rotatable bonds is 5. The molecule has 0 aromatic heterocycles. The Morgan fingerprint density at radius 1 is 1.32 bits per heavy atom. The summed E-state index contributed by atoms with van der Waals surface area (Å²) in [5, 5.41) is 2.89. The van der Waals surface area contributed by atoms with Crippen LogP contribution in [0.3, 0.4) is 0 Å². The number of nitrogens with one attached hydrogen (secondary N) is 1. The average Bonchev–Trinajstić information content (AvgIpc) is 2.55. The van der Waals surface area contributed by atoms with Gasteiger partial charge in [0, 0.05) is 5.92 Å². The minimum atomic E-state index is -0.508. The summed E-state index contributed by atoms with van der Waals surface area (Å²) in [5.74, 6) is -0.935. The summed E-state index contributed by atoms with van der Waals surface area (Å²) < 4.78 is 17.7. The van der Waals surface area contributed by atoms with Gasteiger partial charge in [0.15, 0.2) is 0 Å². The van der Waals surface area contributed by atoms with Crippen molar-refractivity contribution < 1.29 is 18.7 Å². The lowest BCUT2D eigenvalue weighted by Gasteiger charge is -2.23. The van der Waals surface area contributed by atoms with Crippen LogP contribution in [-0.4, -0.2) is 19.0 Å². The number of hydrogen-bond acceptors (Lipinski definition) is 3. The van der Waals surface area contributed by atoms with E-state index in [-0.39, 0.29) is 24.1 Å². The first kappa shape index (κ1) is 16.2. The molecular weight excluding hydrogens is 285 g/mol. The van der Waals surface area contributed by atoms with Gasteiger partial charge in [-0.3, -0.25) is 9.59 Å². The van der Waals surface area contributed by atoms with Gasteiger partial charge in [0.05, 0.1) is 19.6 Å². The number of hydrogen-bond donors (Lipinski definition) is 1. The average molecular weight is 305 g/mol. The van der Waals surface area contributed by atoms with E-state index in [4.69, 9.17) is 0 Å². The van der Waals surface area contributed by atoms with Crippen molar-refractivity contribution in [3.05, 3.63) is 47.8 Å². The van der Waals surface area contributed by atoms with Gasteiger partial charge in [-0.25, -0.2) is 4.39 Å². The standard InChI is InChI=1S/C17H20FNO3/c1-22-16(20)11-15(12-7-9-14(18)10-8-12)19-17(21)13-5-3-2-4-6-13/h2-3,7-10,13,15H,4-6,11H2,1H3,(H,19,21)/t13-,15+/m1/s1. The first-order valence-corrected chi connectivity index (χ1v) is 7.38. The van der Waals surface area contributed by atoms with Crippen LogP contribution >= 0.6 is 0 Å². The molecule has 0 aliphatic heterocycles. The van der Waals surface area contributed by atoms with Crippen LogP contribution in [0.25, 0.3) is 0 Å². The van der Waals surface area contributed by atoms with Crippen LogP contribution in [0, 0.1) is 11.7 Å². The maximum atomic E-state index is 13.0. The number of ether oxygens (including phenoxy) is 1. The molecule has 1 aromatic rings. The van der Waals surface area contributed by atoms with Crippen molar-refractivity contribution in [1.29, 1.82) is 0 Å². The number of carbonyl (C=O) groups excluding carboxylic acids is 2. The van der Waals surface area contributed by atoms with E-state index in [2.05, 4.69) is 16.1 Å². The van der Waals surface area contributed by atoms with Crippen molar-refractivity contribution in [3.8, 4) is 0 Å². The smallest absolute Gasteiger partial charge is 0.307 e. The Morgan fingerprint density at radius 3 is 2.64 bits per heavy atom. The molecule has 1 aromatic carbocycles. The second-order valence-corrected chi connectivity index (χ2v) is 5.37. The molecule has 22 heavy (non-hydrogen) atoms. The number of carbonyl (C=O) groups is 2. The SMILES string of the molecule is COC(=O)C[C@H](NC(=O)[C@@H]1CC=CCC1)c1ccc(F)cc1. The normalized spacial score (nSPS) is 18.5. The Hall–Kier alpha value is -2.17. The fourth-order valence-corrected chi connectivity index (χ4v) is 2.52. The molecule has 1 N–H and O–H groups in total. The summed E-state index contributed by atoms with van der Waals surface area (Å²) in [6.07, 6.45) is 6.49. The molecule has 0 fully saturated rings. The maximum Gasteiger partial charge on any atom is 0.307 e. The van der Waals surface area contributed by atoms with Crippen LogP contribution in [0.5, 0.6) is 0 Å². The van der Waals surface area contributed by atoms with Gasteiger partial charge in [-0.05, 0) is 37.0 Å². The maximum absolute atomic E-state index is 13.0. The van der Waals surface area contributed by atoms with E-state index >= 15 is 0 Å². The summed E-state index contributed by atoms with van der Waals surface area (Å²) in [6, 6.07) is 5.27. The monoisotopic (exact) mass is 305 g/mol. The van der Waals surface area contributed by atoms with Crippen molar-refractivity contribution in [3.63, 3.8) is 0 Å². The molecule has 0 spiro atoms. The molecule has 0 bridgehead atoms. The van der Waals surface area contributed by atoms with Crippen LogP contribution in [-0.2, 0) is 14.3 Å². The van der Waals surface area contributed by atoms with Crippen molar-refractivity contribution in [1.82, 2.24) is 5.32 Å². The zero-order chi connectivity index (χ0) is 15.9. The van der Waals surface area contributed by atoms with Crippen molar-refractivity contribution in [2.24, 2.45) is 5.92 Å². The minimum absolute atomic E-state index is 0.0242. The van der Waals surface area contributed by atoms with Gasteiger partial charge in [0.25, 0.3) is 0 Å². The Bertz CT molecular complexity index is 554. The largest absolute Gasteiger partial charge is 0.469 e. The summed E-state index contributed by atoms with van der Waals surface area (Å²) in [4.78, 5) is 23.9. The number of methoxy groups -OCH3 is 1. The number of allylic oxidation sites excluding steroid dienone is 2. The molecule has 1 aliphatic rings. The summed E-state index contributed by atoms with van der Waals surface area (Å²) >= 11 is 0. The first-order chi connectivity index (χ1) is 10.6. The van der Waals surface area contributed by atoms with E-state index in [1.807, 2.05) is 6.08 Å². The molecule has 0 heterocycles. The Kier molecular flexibility index (Phi) is 5.69. The third-order valence-electron chi connectivity index (χ3n) is 3.83. The van der Waals surface area contributed by atoms with Crippen molar-refractivity contribution >= 4 is 11.9 Å². The molecule has 1 amide bonds. The highest BCUT2D eigenvalue weighted by atomic mass is 19.1. The lowest BCUT2D eigenvalue weighted by molar-refractivity contribution is -0.141. The molecule has 118 valence electrons. The van der Waals surface area contributed by atoms with Crippen molar-refractivity contribution in [2.75, 3.05) is 7.11 Å². The van der Waals surface area contributed by atoms with Crippen LogP contribution in [0.2, 0.25) is 0 Å². The van der Waals surface area contributed by atoms with Gasteiger partial charge in [-0.2, -0.15) is 0 Å². The molecule has 5 heteroatoms. The quantitative estimate of drug-likeness (QED) is 0.672. The summed E-state index contributed by atoms with van der Waals surface area (Å²) in [5.41, 5.74) is 0.687. The molecule has 0 radical (unpaired) electrons. The van der Waals surface area contributed by atoms with Crippen LogP contribution in [0.15, 0.2) is 36.4 Å². The van der Waals surface area contributed by atoms with Crippen molar-refractivity contribution in [2.45, 2.75) is 31.7 Å². The van der Waals surface area contributed by atoms with Gasteiger partial charge in [0.1, 0.15) is 5.82 Å². The Balaban J connectivity index is 2.09. The van der Waals surface area contributed by atoms with E-state index in [1.54, 1.807) is 12.1 Å². The highest BCUT2D eigenvalue weighted by molar-refractivity contribution is 5.80. The minimum Gasteiger partial charge on any atom is -0.469 e. The number of amides is 1. The Morgan fingerprint density at radius 2 is 2.05 bits per heavy atom. The van der Waals surface area contributed by atoms with Gasteiger partial charge < -0.3 is 10.1 Å². The lowest BCUT2D eigenvalue weighted by atomic mass is 9.92. The molecule has 4 nitrogen and oxygen atoms in total. The third kappa shape index (κ3) is 4.41. The van der Waals surface area contributed by atoms with Gasteiger partial charge >= 0.3 is 5.97 Å². The highest BCUT2D eigenvalue weighted by Gasteiger charge is 2.24. The van der Waals surface area contributed by atoms with E-state index in [9.17, 15) is 14.0 Å². The fourth-order valence-electron chi connectivity index (χ4n) is 2.52. The van der Waals surface area contributed by atoms with E-state index in [1.165, 1.54) is 19.2 Å². The predicted molar refractivity (Wildman–Crippen MR) is 80.4 cm³/mol. The van der Waals surface area contributed by atoms with E-state index < -0.39 is 12.0 Å². The molecule has 0 unspecified atom stereocenters. The molecular formula is C17H20FNO3. The Labute approximate surface area is 129 Å². The van der Waals surface area contributed by atoms with Crippen LogP contribution in [0.1, 0.15) is 37.3 Å². The van der Waals surface area contributed by atoms with Crippen LogP contribution in [0.4, 0.5) is 4.39 Å². The number of halogens is 1. The van der Waals surface area contributed by atoms with E-state index in [0.29, 0.717) is 12.0 Å². The molecule has 2 atom stereocenters.